The number of para-hydroxylation sites is 1. The van der Waals surface area contributed by atoms with Gasteiger partial charge in [-0.25, -0.2) is 0 Å². The van der Waals surface area contributed by atoms with Gasteiger partial charge >= 0.3 is 0 Å². The second kappa shape index (κ2) is 3.87. The highest BCUT2D eigenvalue weighted by Crippen LogP contribution is 2.49. The quantitative estimate of drug-likeness (QED) is 0.491. The van der Waals surface area contributed by atoms with Gasteiger partial charge in [0, 0.05) is 21.6 Å². The van der Waals surface area contributed by atoms with Gasteiger partial charge in [0.1, 0.15) is 17.2 Å². The Morgan fingerprint density at radius 1 is 0.842 bits per heavy atom. The average Bonchev–Trinajstić information content (AvgIpc) is 2.86. The molecule has 0 aliphatic carbocycles. The number of benzene rings is 2. The number of phenolic OH excluding ortho intramolecular Hbond substituents is 1. The van der Waals surface area contributed by atoms with Gasteiger partial charge in [-0.05, 0) is 35.7 Å². The molecule has 0 fully saturated rings. The Bertz CT molecular complexity index is 774. The number of hydrogen-bond acceptors (Lipinski definition) is 3. The maximum absolute atomic E-state index is 9.71. The minimum Gasteiger partial charge on any atom is -0.508 e. The summed E-state index contributed by atoms with van der Waals surface area (Å²) in [7, 11) is 0. The Morgan fingerprint density at radius 2 is 1.68 bits per heavy atom. The van der Waals surface area contributed by atoms with Crippen molar-refractivity contribution in [3.05, 3.63) is 53.9 Å². The molecule has 4 rings (SSSR count). The van der Waals surface area contributed by atoms with E-state index in [0.29, 0.717) is 0 Å². The molecule has 2 nitrogen and oxygen atoms in total. The molecule has 0 saturated heterocycles. The molecular weight excluding hydrogens is 256 g/mol. The van der Waals surface area contributed by atoms with Crippen LogP contribution in [0.25, 0.3) is 21.6 Å². The summed E-state index contributed by atoms with van der Waals surface area (Å²) in [6.07, 6.45) is 0. The maximum Gasteiger partial charge on any atom is 0.136 e. The Hall–Kier alpha value is -2.26. The number of ether oxygens (including phenoxy) is 1. The third-order valence-electron chi connectivity index (χ3n) is 3.27. The summed E-state index contributed by atoms with van der Waals surface area (Å²) in [5.74, 6) is 1.89. The van der Waals surface area contributed by atoms with Crippen molar-refractivity contribution in [1.29, 1.82) is 0 Å². The molecule has 92 valence electrons. The van der Waals surface area contributed by atoms with E-state index in [1.807, 2.05) is 24.3 Å². The fraction of sp³-hybridized carbons (Fsp3) is 0. The van der Waals surface area contributed by atoms with E-state index in [1.165, 1.54) is 0 Å². The molecule has 0 spiro atoms. The van der Waals surface area contributed by atoms with Crippen LogP contribution in [0, 0.1) is 0 Å². The van der Waals surface area contributed by atoms with Gasteiger partial charge in [-0.2, -0.15) is 0 Å². The van der Waals surface area contributed by atoms with Gasteiger partial charge in [-0.1, -0.05) is 18.2 Å². The molecule has 0 bridgehead atoms. The van der Waals surface area contributed by atoms with Crippen LogP contribution < -0.4 is 4.74 Å². The summed E-state index contributed by atoms with van der Waals surface area (Å²) in [5, 5.41) is 11.8. The van der Waals surface area contributed by atoms with Crippen molar-refractivity contribution >= 4 is 11.3 Å². The lowest BCUT2D eigenvalue weighted by Gasteiger charge is -2.08. The smallest absolute Gasteiger partial charge is 0.136 e. The third kappa shape index (κ3) is 1.55. The first-order valence-electron chi connectivity index (χ1n) is 6.01. The second-order valence-electron chi connectivity index (χ2n) is 4.44. The number of fused-ring (bicyclic) bond motifs is 5. The molecule has 0 saturated carbocycles. The molecule has 0 unspecified atom stereocenters. The lowest BCUT2D eigenvalue weighted by molar-refractivity contribution is 0.467. The molecule has 0 atom stereocenters. The molecule has 3 aromatic rings. The molecule has 1 aliphatic heterocycles. The van der Waals surface area contributed by atoms with Crippen LogP contribution in [-0.2, 0) is 0 Å². The standard InChI is InChI=1S/C16H10O2S/c17-10-5-6-15-13(9-10)16-12(7-8-19-16)11-3-1-2-4-14(11)18-15/h1-9,17H. The van der Waals surface area contributed by atoms with Crippen LogP contribution in [0.5, 0.6) is 17.2 Å². The zero-order chi connectivity index (χ0) is 12.8. The van der Waals surface area contributed by atoms with Gasteiger partial charge < -0.3 is 9.84 Å². The number of thiophene rings is 1. The van der Waals surface area contributed by atoms with Crippen LogP contribution in [0.2, 0.25) is 0 Å². The molecule has 3 heteroatoms. The number of hydrogen-bond donors (Lipinski definition) is 1. The fourth-order valence-electron chi connectivity index (χ4n) is 2.41. The second-order valence-corrected chi connectivity index (χ2v) is 5.36. The Kier molecular flexibility index (Phi) is 2.17. The topological polar surface area (TPSA) is 29.5 Å². The summed E-state index contributed by atoms with van der Waals surface area (Å²) in [6.45, 7) is 0. The van der Waals surface area contributed by atoms with E-state index in [9.17, 15) is 5.11 Å². The highest BCUT2D eigenvalue weighted by Gasteiger charge is 2.21. The van der Waals surface area contributed by atoms with Crippen LogP contribution in [0.1, 0.15) is 0 Å². The first-order chi connectivity index (χ1) is 9.33. The lowest BCUT2D eigenvalue weighted by atomic mass is 10.0. The van der Waals surface area contributed by atoms with E-state index in [-0.39, 0.29) is 5.75 Å². The van der Waals surface area contributed by atoms with E-state index < -0.39 is 0 Å². The third-order valence-corrected chi connectivity index (χ3v) is 4.22. The molecule has 1 aliphatic rings. The van der Waals surface area contributed by atoms with E-state index in [2.05, 4.69) is 17.5 Å². The number of aromatic hydroxyl groups is 1. The molecule has 19 heavy (non-hydrogen) atoms. The molecule has 2 heterocycles. The maximum atomic E-state index is 9.71. The SMILES string of the molecule is Oc1ccc2c(c1)-c1sccc1-c1ccccc1O2. The number of rotatable bonds is 0. The summed E-state index contributed by atoms with van der Waals surface area (Å²) in [6, 6.07) is 15.3. The van der Waals surface area contributed by atoms with E-state index >= 15 is 0 Å². The molecule has 0 radical (unpaired) electrons. The van der Waals surface area contributed by atoms with Gasteiger partial charge in [-0.15, -0.1) is 11.3 Å². The predicted molar refractivity (Wildman–Crippen MR) is 76.9 cm³/mol. The fourth-order valence-corrected chi connectivity index (χ4v) is 3.34. The molecule has 1 N–H and O–H groups in total. The van der Waals surface area contributed by atoms with Gasteiger partial charge in [0.05, 0.1) is 0 Å². The Balaban J connectivity index is 2.10. The van der Waals surface area contributed by atoms with E-state index in [1.54, 1.807) is 23.5 Å². The lowest BCUT2D eigenvalue weighted by Crippen LogP contribution is -1.85. The zero-order valence-corrected chi connectivity index (χ0v) is 10.8. The van der Waals surface area contributed by atoms with Gasteiger partial charge in [0.15, 0.2) is 0 Å². The van der Waals surface area contributed by atoms with Crippen molar-refractivity contribution in [2.75, 3.05) is 0 Å². The van der Waals surface area contributed by atoms with Crippen LogP contribution >= 0.6 is 11.3 Å². The first-order valence-corrected chi connectivity index (χ1v) is 6.89. The monoisotopic (exact) mass is 266 g/mol. The van der Waals surface area contributed by atoms with Gasteiger partial charge in [0.2, 0.25) is 0 Å². The molecule has 2 aromatic carbocycles. The summed E-state index contributed by atoms with van der Waals surface area (Å²) >= 11 is 1.66. The highest BCUT2D eigenvalue weighted by atomic mass is 32.1. The van der Waals surface area contributed by atoms with Crippen molar-refractivity contribution in [1.82, 2.24) is 0 Å². The van der Waals surface area contributed by atoms with Crippen molar-refractivity contribution in [2.45, 2.75) is 0 Å². The normalized spacial score (nSPS) is 11.8. The predicted octanol–water partition coefficient (Wildman–Crippen LogP) is 4.89. The molecule has 1 aromatic heterocycles. The zero-order valence-electron chi connectivity index (χ0n) is 9.96. The summed E-state index contributed by atoms with van der Waals surface area (Å²) < 4.78 is 5.99. The van der Waals surface area contributed by atoms with E-state index in [0.717, 1.165) is 33.1 Å². The van der Waals surface area contributed by atoms with Gasteiger partial charge in [-0.3, -0.25) is 0 Å². The van der Waals surface area contributed by atoms with Gasteiger partial charge in [0.25, 0.3) is 0 Å². The van der Waals surface area contributed by atoms with Crippen LogP contribution in [0.3, 0.4) is 0 Å². The van der Waals surface area contributed by atoms with Crippen molar-refractivity contribution in [3.8, 4) is 38.8 Å². The summed E-state index contributed by atoms with van der Waals surface area (Å²) in [5.41, 5.74) is 3.19. The van der Waals surface area contributed by atoms with Crippen LogP contribution in [0.15, 0.2) is 53.9 Å². The van der Waals surface area contributed by atoms with Crippen molar-refractivity contribution < 1.29 is 9.84 Å². The minimum atomic E-state index is 0.257. The van der Waals surface area contributed by atoms with E-state index in [4.69, 9.17) is 4.74 Å². The summed E-state index contributed by atoms with van der Waals surface area (Å²) in [4.78, 5) is 1.14. The van der Waals surface area contributed by atoms with Crippen LogP contribution in [0.4, 0.5) is 0 Å². The molecule has 0 amide bonds. The molecular formula is C16H10O2S. The minimum absolute atomic E-state index is 0.257. The Morgan fingerprint density at radius 3 is 2.63 bits per heavy atom. The van der Waals surface area contributed by atoms with Crippen molar-refractivity contribution in [2.24, 2.45) is 0 Å². The van der Waals surface area contributed by atoms with Crippen LogP contribution in [-0.4, -0.2) is 5.11 Å². The average molecular weight is 266 g/mol. The largest absolute Gasteiger partial charge is 0.508 e. The number of phenols is 1. The Labute approximate surface area is 114 Å². The van der Waals surface area contributed by atoms with Crippen molar-refractivity contribution in [3.63, 3.8) is 0 Å². The highest BCUT2D eigenvalue weighted by molar-refractivity contribution is 7.14. The first kappa shape index (κ1) is 10.6.